The average Bonchev–Trinajstić information content (AvgIpc) is 2.83. The van der Waals surface area contributed by atoms with E-state index < -0.39 is 10.0 Å². The van der Waals surface area contributed by atoms with Crippen molar-refractivity contribution in [3.63, 3.8) is 0 Å². The van der Waals surface area contributed by atoms with Gasteiger partial charge in [-0.15, -0.1) is 0 Å². The molecule has 0 radical (unpaired) electrons. The molecule has 0 saturated heterocycles. The second-order valence-electron chi connectivity index (χ2n) is 4.55. The number of nitrogens with zero attached hydrogens (tertiary/aromatic N) is 3. The smallest absolute Gasteiger partial charge is 0.236 e. The summed E-state index contributed by atoms with van der Waals surface area (Å²) in [6.07, 6.45) is 4.20. The number of nitrogen functional groups attached to an aromatic ring is 1. The van der Waals surface area contributed by atoms with Crippen LogP contribution in [0.5, 0.6) is 0 Å². The minimum atomic E-state index is -3.40. The van der Waals surface area contributed by atoms with Gasteiger partial charge < -0.3 is 11.1 Å². The Kier molecular flexibility index (Phi) is 3.02. The normalized spacial score (nSPS) is 11.7. The van der Waals surface area contributed by atoms with E-state index in [1.807, 2.05) is 12.1 Å². The molecule has 3 rings (SSSR count). The third-order valence-electron chi connectivity index (χ3n) is 2.96. The lowest BCUT2D eigenvalue weighted by Gasteiger charge is -2.09. The Balaban J connectivity index is 2.17. The highest BCUT2D eigenvalue weighted by Gasteiger charge is 2.13. The maximum absolute atomic E-state index is 11.9. The van der Waals surface area contributed by atoms with Gasteiger partial charge in [0.25, 0.3) is 0 Å². The van der Waals surface area contributed by atoms with Gasteiger partial charge in [-0.2, -0.15) is 4.98 Å². The quantitative estimate of drug-likeness (QED) is 0.761. The van der Waals surface area contributed by atoms with Gasteiger partial charge in [-0.1, -0.05) is 12.1 Å². The van der Waals surface area contributed by atoms with Crippen LogP contribution in [0.3, 0.4) is 0 Å². The number of hydrogen-bond acceptors (Lipinski definition) is 6. The molecule has 1 aromatic carbocycles. The summed E-state index contributed by atoms with van der Waals surface area (Å²) in [7, 11) is -3.40. The zero-order chi connectivity index (χ0) is 15.0. The molecule has 2 aromatic heterocycles. The van der Waals surface area contributed by atoms with Crippen molar-refractivity contribution in [3.8, 4) is 0 Å². The van der Waals surface area contributed by atoms with E-state index in [9.17, 15) is 8.42 Å². The number of benzene rings is 1. The largest absolute Gasteiger partial charge is 0.384 e. The summed E-state index contributed by atoms with van der Waals surface area (Å²) in [5.74, 6) is 0.641. The van der Waals surface area contributed by atoms with Crippen molar-refractivity contribution in [1.82, 2.24) is 13.9 Å². The molecule has 3 aromatic rings. The number of anilines is 3. The number of hydrogen-bond donors (Lipinski definition) is 2. The Bertz CT molecular complexity index is 917. The molecule has 0 saturated carbocycles. The molecule has 0 atom stereocenters. The van der Waals surface area contributed by atoms with Crippen LogP contribution in [-0.4, -0.2) is 28.6 Å². The van der Waals surface area contributed by atoms with E-state index in [0.29, 0.717) is 23.0 Å². The van der Waals surface area contributed by atoms with E-state index >= 15 is 0 Å². The molecule has 8 heteroatoms. The molecule has 0 amide bonds. The predicted octanol–water partition coefficient (Wildman–Crippen LogP) is 1.56. The van der Waals surface area contributed by atoms with E-state index in [4.69, 9.17) is 5.73 Å². The lowest BCUT2D eigenvalue weighted by atomic mass is 10.2. The van der Waals surface area contributed by atoms with Crippen molar-refractivity contribution in [2.45, 2.75) is 0 Å². The summed E-state index contributed by atoms with van der Waals surface area (Å²) in [6, 6.07) is 8.73. The van der Waals surface area contributed by atoms with Crippen molar-refractivity contribution in [2.24, 2.45) is 0 Å². The Hall–Kier alpha value is -2.61. The number of fused-ring (bicyclic) bond motifs is 1. The average molecular weight is 303 g/mol. The Morgan fingerprint density at radius 3 is 2.76 bits per heavy atom. The van der Waals surface area contributed by atoms with Gasteiger partial charge in [-0.05, 0) is 18.2 Å². The minimum Gasteiger partial charge on any atom is -0.384 e. The first-order chi connectivity index (χ1) is 9.95. The van der Waals surface area contributed by atoms with E-state index in [0.717, 1.165) is 11.6 Å². The number of aromatic nitrogens is 3. The summed E-state index contributed by atoms with van der Waals surface area (Å²) in [6.45, 7) is 0. The highest BCUT2D eigenvalue weighted by Crippen LogP contribution is 2.27. The fourth-order valence-electron chi connectivity index (χ4n) is 2.09. The molecular weight excluding hydrogens is 290 g/mol. The lowest BCUT2D eigenvalue weighted by molar-refractivity contribution is 0.595. The molecule has 0 bridgehead atoms. The first-order valence-electron chi connectivity index (χ1n) is 6.11. The molecule has 3 N–H and O–H groups in total. The highest BCUT2D eigenvalue weighted by molar-refractivity contribution is 7.89. The molecule has 2 heterocycles. The van der Waals surface area contributed by atoms with Gasteiger partial charge in [-0.25, -0.2) is 17.4 Å². The van der Waals surface area contributed by atoms with Crippen LogP contribution in [0.2, 0.25) is 0 Å². The number of nitrogens with one attached hydrogen (secondary N) is 1. The monoisotopic (exact) mass is 303 g/mol. The van der Waals surface area contributed by atoms with Crippen molar-refractivity contribution < 1.29 is 8.42 Å². The third-order valence-corrected chi connectivity index (χ3v) is 3.98. The maximum atomic E-state index is 11.9. The van der Waals surface area contributed by atoms with Crippen LogP contribution in [0.15, 0.2) is 42.7 Å². The lowest BCUT2D eigenvalue weighted by Crippen LogP contribution is -2.09. The number of para-hydroxylation sites is 1. The summed E-state index contributed by atoms with van der Waals surface area (Å²) in [4.78, 5) is 8.11. The second kappa shape index (κ2) is 4.74. The molecule has 108 valence electrons. The fraction of sp³-hybridized carbons (Fsp3) is 0.0769. The summed E-state index contributed by atoms with van der Waals surface area (Å²) >= 11 is 0. The van der Waals surface area contributed by atoms with E-state index in [-0.39, 0.29) is 0 Å². The van der Waals surface area contributed by atoms with Crippen LogP contribution < -0.4 is 11.1 Å². The molecule has 21 heavy (non-hydrogen) atoms. The van der Waals surface area contributed by atoms with Crippen LogP contribution in [-0.2, 0) is 10.0 Å². The van der Waals surface area contributed by atoms with Gasteiger partial charge in [0.2, 0.25) is 16.0 Å². The predicted molar refractivity (Wildman–Crippen MR) is 81.9 cm³/mol. The summed E-state index contributed by atoms with van der Waals surface area (Å²) in [5, 5.41) is 3.80. The molecule has 7 nitrogen and oxygen atoms in total. The number of rotatable bonds is 3. The molecule has 0 aliphatic rings. The molecule has 0 aliphatic carbocycles. The summed E-state index contributed by atoms with van der Waals surface area (Å²) < 4.78 is 24.9. The van der Waals surface area contributed by atoms with Crippen LogP contribution in [0.4, 0.5) is 17.5 Å². The molecule has 0 fully saturated rings. The zero-order valence-corrected chi connectivity index (χ0v) is 12.0. The van der Waals surface area contributed by atoms with Crippen LogP contribution in [0.1, 0.15) is 0 Å². The molecule has 0 spiro atoms. The van der Waals surface area contributed by atoms with Gasteiger partial charge in [0, 0.05) is 17.8 Å². The van der Waals surface area contributed by atoms with Gasteiger partial charge >= 0.3 is 0 Å². The molecular formula is C13H13N5O2S. The van der Waals surface area contributed by atoms with E-state index in [1.165, 1.54) is 16.4 Å². The SMILES string of the molecule is CS(=O)(=O)n1ccc2cccc(Nc3nccc(N)n3)c21. The molecule has 0 aliphatic heterocycles. The van der Waals surface area contributed by atoms with Crippen molar-refractivity contribution in [2.75, 3.05) is 17.3 Å². The van der Waals surface area contributed by atoms with Crippen molar-refractivity contribution >= 4 is 38.4 Å². The van der Waals surface area contributed by atoms with Crippen LogP contribution >= 0.6 is 0 Å². The number of nitrogens with two attached hydrogens (primary N) is 1. The third kappa shape index (κ3) is 2.52. The van der Waals surface area contributed by atoms with Gasteiger partial charge in [0.05, 0.1) is 17.5 Å². The van der Waals surface area contributed by atoms with E-state index in [2.05, 4.69) is 15.3 Å². The van der Waals surface area contributed by atoms with Crippen LogP contribution in [0.25, 0.3) is 10.9 Å². The maximum Gasteiger partial charge on any atom is 0.236 e. The fourth-order valence-corrected chi connectivity index (χ4v) is 2.91. The minimum absolute atomic E-state index is 0.309. The van der Waals surface area contributed by atoms with Gasteiger partial charge in [0.1, 0.15) is 5.82 Å². The Morgan fingerprint density at radius 2 is 2.05 bits per heavy atom. The van der Waals surface area contributed by atoms with Crippen LogP contribution in [0, 0.1) is 0 Å². The first-order valence-corrected chi connectivity index (χ1v) is 7.96. The van der Waals surface area contributed by atoms with Crippen molar-refractivity contribution in [1.29, 1.82) is 0 Å². The molecule has 0 unspecified atom stereocenters. The van der Waals surface area contributed by atoms with Gasteiger partial charge in [-0.3, -0.25) is 0 Å². The topological polar surface area (TPSA) is 103 Å². The second-order valence-corrected chi connectivity index (χ2v) is 6.41. The Morgan fingerprint density at radius 1 is 1.24 bits per heavy atom. The van der Waals surface area contributed by atoms with Gasteiger partial charge in [0.15, 0.2) is 0 Å². The Labute approximate surface area is 121 Å². The highest BCUT2D eigenvalue weighted by atomic mass is 32.2. The first kappa shape index (κ1) is 13.4. The summed E-state index contributed by atoms with van der Waals surface area (Å²) in [5.41, 5.74) is 6.75. The standard InChI is InChI=1S/C13H13N5O2S/c1-21(19,20)18-8-6-9-3-2-4-10(12(9)18)16-13-15-7-5-11(14)17-13/h2-8H,1H3,(H3,14,15,16,17). The van der Waals surface area contributed by atoms with E-state index in [1.54, 1.807) is 18.2 Å². The zero-order valence-electron chi connectivity index (χ0n) is 11.2. The van der Waals surface area contributed by atoms with Crippen molar-refractivity contribution in [3.05, 3.63) is 42.7 Å².